The highest BCUT2D eigenvalue weighted by Crippen LogP contribution is 2.29. The van der Waals surface area contributed by atoms with Gasteiger partial charge in [-0.3, -0.25) is 0 Å². The molecule has 0 saturated heterocycles. The van der Waals surface area contributed by atoms with Gasteiger partial charge in [-0.15, -0.1) is 6.58 Å². The maximum atomic E-state index is 5.92. The molecule has 0 fully saturated rings. The lowest BCUT2D eigenvalue weighted by Gasteiger charge is -2.23. The number of hydrogen-bond acceptors (Lipinski definition) is 2. The number of unbranched alkanes of at least 4 members (excludes halogenated alkanes) is 3. The van der Waals surface area contributed by atoms with Crippen LogP contribution in [0.1, 0.15) is 58.8 Å². The third-order valence-corrected chi connectivity index (χ3v) is 3.95. The van der Waals surface area contributed by atoms with E-state index in [0.717, 1.165) is 44.5 Å². The Morgan fingerprint density at radius 1 is 1.30 bits per heavy atom. The molecule has 0 radical (unpaired) electrons. The van der Waals surface area contributed by atoms with Crippen molar-refractivity contribution in [2.45, 2.75) is 64.9 Å². The van der Waals surface area contributed by atoms with Gasteiger partial charge >= 0.3 is 0 Å². The third kappa shape index (κ3) is 5.54. The number of hydrogen-bond donors (Lipinski definition) is 0. The van der Waals surface area contributed by atoms with Gasteiger partial charge in [0.25, 0.3) is 0 Å². The van der Waals surface area contributed by atoms with Crippen molar-refractivity contribution in [1.29, 1.82) is 0 Å². The highest BCUT2D eigenvalue weighted by molar-refractivity contribution is 5.33. The molecule has 0 bridgehead atoms. The molecule has 0 aliphatic heterocycles. The molecule has 2 heteroatoms. The molecule has 1 unspecified atom stereocenters. The van der Waals surface area contributed by atoms with E-state index in [-0.39, 0.29) is 6.10 Å². The van der Waals surface area contributed by atoms with E-state index in [9.17, 15) is 0 Å². The molecule has 0 spiro atoms. The van der Waals surface area contributed by atoms with E-state index in [2.05, 4.69) is 26.5 Å². The maximum Gasteiger partial charge on any atom is 0.0965 e. The largest absolute Gasteiger partial charge is 0.498 e. The Bertz CT molecular complexity index is 352. The lowest BCUT2D eigenvalue weighted by Crippen LogP contribution is -2.14. The molecule has 0 heterocycles. The summed E-state index contributed by atoms with van der Waals surface area (Å²) >= 11 is 0. The lowest BCUT2D eigenvalue weighted by atomic mass is 9.91. The third-order valence-electron chi connectivity index (χ3n) is 3.95. The predicted molar refractivity (Wildman–Crippen MR) is 85.7 cm³/mol. The summed E-state index contributed by atoms with van der Waals surface area (Å²) in [5, 5.41) is 0. The van der Waals surface area contributed by atoms with Gasteiger partial charge in [-0.2, -0.15) is 0 Å². The molecular formula is C18H30O2. The minimum absolute atomic E-state index is 0.224. The highest BCUT2D eigenvalue weighted by Gasteiger charge is 2.17. The average Bonchev–Trinajstić information content (AvgIpc) is 2.49. The zero-order chi connectivity index (χ0) is 14.8. The molecule has 0 aromatic carbocycles. The second kappa shape index (κ2) is 9.82. The number of rotatable bonds is 10. The SMILES string of the molecule is C=CCCCCCOC1=CC(CC)=C(C(C)OC)CC1. The quantitative estimate of drug-likeness (QED) is 0.405. The fraction of sp³-hybridized carbons (Fsp3) is 0.667. The number of allylic oxidation sites excluding steroid dienone is 4. The predicted octanol–water partition coefficient (Wildman–Crippen LogP) is 5.17. The Morgan fingerprint density at radius 3 is 2.75 bits per heavy atom. The minimum Gasteiger partial charge on any atom is -0.498 e. The van der Waals surface area contributed by atoms with Gasteiger partial charge in [-0.05, 0) is 62.7 Å². The summed E-state index contributed by atoms with van der Waals surface area (Å²) in [7, 11) is 1.78. The van der Waals surface area contributed by atoms with E-state index >= 15 is 0 Å². The molecule has 2 nitrogen and oxygen atoms in total. The van der Waals surface area contributed by atoms with Gasteiger partial charge in [0.1, 0.15) is 0 Å². The van der Waals surface area contributed by atoms with Crippen LogP contribution in [0.15, 0.2) is 35.6 Å². The monoisotopic (exact) mass is 278 g/mol. The van der Waals surface area contributed by atoms with Crippen LogP contribution in [0.3, 0.4) is 0 Å². The summed E-state index contributed by atoms with van der Waals surface area (Å²) in [4.78, 5) is 0. The summed E-state index contributed by atoms with van der Waals surface area (Å²) < 4.78 is 11.4. The van der Waals surface area contributed by atoms with Gasteiger partial charge in [0.05, 0.1) is 18.5 Å². The van der Waals surface area contributed by atoms with E-state index in [1.54, 1.807) is 7.11 Å². The first-order chi connectivity index (χ1) is 9.72. The van der Waals surface area contributed by atoms with Gasteiger partial charge < -0.3 is 9.47 Å². The first kappa shape index (κ1) is 17.0. The van der Waals surface area contributed by atoms with Gasteiger partial charge in [0.2, 0.25) is 0 Å². The molecule has 1 aliphatic rings. The molecule has 1 aliphatic carbocycles. The maximum absolute atomic E-state index is 5.92. The standard InChI is InChI=1S/C18H30O2/c1-5-7-8-9-10-13-20-17-11-12-18(15(3)19-4)16(6-2)14-17/h5,14-15H,1,6-13H2,2-4H3. The van der Waals surface area contributed by atoms with E-state index in [1.807, 2.05) is 6.08 Å². The molecule has 20 heavy (non-hydrogen) atoms. The second-order valence-corrected chi connectivity index (χ2v) is 5.38. The number of ether oxygens (including phenoxy) is 2. The van der Waals surface area contributed by atoms with E-state index in [1.165, 1.54) is 24.0 Å². The van der Waals surface area contributed by atoms with Crippen molar-refractivity contribution in [1.82, 2.24) is 0 Å². The smallest absolute Gasteiger partial charge is 0.0965 e. The lowest BCUT2D eigenvalue weighted by molar-refractivity contribution is 0.139. The topological polar surface area (TPSA) is 18.5 Å². The van der Waals surface area contributed by atoms with Gasteiger partial charge in [0.15, 0.2) is 0 Å². The molecule has 0 amide bonds. The molecule has 114 valence electrons. The van der Waals surface area contributed by atoms with Gasteiger partial charge in [-0.1, -0.05) is 13.0 Å². The van der Waals surface area contributed by atoms with Crippen LogP contribution in [-0.4, -0.2) is 19.8 Å². The Kier molecular flexibility index (Phi) is 8.36. The van der Waals surface area contributed by atoms with Crippen molar-refractivity contribution in [2.24, 2.45) is 0 Å². The second-order valence-electron chi connectivity index (χ2n) is 5.38. The highest BCUT2D eigenvalue weighted by atomic mass is 16.5. The zero-order valence-electron chi connectivity index (χ0n) is 13.4. The minimum atomic E-state index is 0.224. The summed E-state index contributed by atoms with van der Waals surface area (Å²) in [6.45, 7) is 8.91. The van der Waals surface area contributed by atoms with Gasteiger partial charge in [0, 0.05) is 13.5 Å². The molecule has 0 N–H and O–H groups in total. The Labute approximate surface area is 124 Å². The van der Waals surface area contributed by atoms with Crippen molar-refractivity contribution in [3.05, 3.63) is 35.6 Å². The fourth-order valence-electron chi connectivity index (χ4n) is 2.60. The molecule has 1 atom stereocenters. The van der Waals surface area contributed by atoms with Crippen LogP contribution in [0.4, 0.5) is 0 Å². The fourth-order valence-corrected chi connectivity index (χ4v) is 2.60. The first-order valence-corrected chi connectivity index (χ1v) is 7.91. The first-order valence-electron chi connectivity index (χ1n) is 7.91. The van der Waals surface area contributed by atoms with Crippen LogP contribution in [0.25, 0.3) is 0 Å². The summed E-state index contributed by atoms with van der Waals surface area (Å²) in [6, 6.07) is 0. The Hall–Kier alpha value is -1.02. The molecule has 0 aromatic rings. The zero-order valence-corrected chi connectivity index (χ0v) is 13.4. The van der Waals surface area contributed by atoms with Crippen LogP contribution in [0, 0.1) is 0 Å². The number of methoxy groups -OCH3 is 1. The Morgan fingerprint density at radius 2 is 2.10 bits per heavy atom. The Balaban J connectivity index is 2.42. The van der Waals surface area contributed by atoms with E-state index < -0.39 is 0 Å². The van der Waals surface area contributed by atoms with Gasteiger partial charge in [-0.25, -0.2) is 0 Å². The van der Waals surface area contributed by atoms with Crippen LogP contribution < -0.4 is 0 Å². The van der Waals surface area contributed by atoms with Crippen LogP contribution in [0.2, 0.25) is 0 Å². The van der Waals surface area contributed by atoms with Crippen molar-refractivity contribution < 1.29 is 9.47 Å². The summed E-state index contributed by atoms with van der Waals surface area (Å²) in [6.07, 6.45) is 12.3. The normalized spacial score (nSPS) is 16.9. The van der Waals surface area contributed by atoms with Crippen molar-refractivity contribution in [2.75, 3.05) is 13.7 Å². The van der Waals surface area contributed by atoms with Crippen molar-refractivity contribution >= 4 is 0 Å². The van der Waals surface area contributed by atoms with Crippen molar-refractivity contribution in [3.8, 4) is 0 Å². The molecule has 1 rings (SSSR count). The molecular weight excluding hydrogens is 248 g/mol. The summed E-state index contributed by atoms with van der Waals surface area (Å²) in [5.41, 5.74) is 2.83. The van der Waals surface area contributed by atoms with Crippen LogP contribution in [0.5, 0.6) is 0 Å². The van der Waals surface area contributed by atoms with E-state index in [4.69, 9.17) is 9.47 Å². The van der Waals surface area contributed by atoms with Crippen LogP contribution in [-0.2, 0) is 9.47 Å². The van der Waals surface area contributed by atoms with Crippen molar-refractivity contribution in [3.63, 3.8) is 0 Å². The molecule has 0 aromatic heterocycles. The average molecular weight is 278 g/mol. The van der Waals surface area contributed by atoms with Crippen LogP contribution >= 0.6 is 0 Å². The van der Waals surface area contributed by atoms with E-state index in [0.29, 0.717) is 0 Å². The summed E-state index contributed by atoms with van der Waals surface area (Å²) in [5.74, 6) is 1.15. The molecule has 0 saturated carbocycles.